The summed E-state index contributed by atoms with van der Waals surface area (Å²) < 4.78 is 19.3. The Hall–Kier alpha value is -1.79. The smallest absolute Gasteiger partial charge is 0.268 e. The Morgan fingerprint density at radius 2 is 2.20 bits per heavy atom. The fraction of sp³-hybridized carbons (Fsp3) is 0.286. The highest BCUT2D eigenvalue weighted by atomic mass is 32.1. The summed E-state index contributed by atoms with van der Waals surface area (Å²) in [6.45, 7) is 4.68. The number of thiophene rings is 1. The van der Waals surface area contributed by atoms with E-state index in [-0.39, 0.29) is 5.82 Å². The summed E-state index contributed by atoms with van der Waals surface area (Å²) in [6.07, 6.45) is 0. The molecule has 0 atom stereocenters. The quantitative estimate of drug-likeness (QED) is 0.798. The number of hydrogen-bond donors (Lipinski definition) is 1. The van der Waals surface area contributed by atoms with Crippen molar-refractivity contribution in [1.82, 2.24) is 15.5 Å². The minimum absolute atomic E-state index is 0.238. The van der Waals surface area contributed by atoms with Gasteiger partial charge < -0.3 is 9.84 Å². The molecule has 0 spiro atoms. The van der Waals surface area contributed by atoms with Gasteiger partial charge in [0.15, 0.2) is 5.82 Å². The molecule has 0 bridgehead atoms. The summed E-state index contributed by atoms with van der Waals surface area (Å²) in [7, 11) is 0. The molecule has 3 aromatic rings. The van der Waals surface area contributed by atoms with Gasteiger partial charge in [0.2, 0.25) is 0 Å². The van der Waals surface area contributed by atoms with E-state index in [0.717, 1.165) is 15.0 Å². The minimum Gasteiger partial charge on any atom is -0.333 e. The van der Waals surface area contributed by atoms with E-state index in [0.29, 0.717) is 24.3 Å². The molecular weight excluding hydrogens is 277 g/mol. The first-order chi connectivity index (χ1) is 9.61. The monoisotopic (exact) mass is 291 g/mol. The van der Waals surface area contributed by atoms with Crippen molar-refractivity contribution in [2.45, 2.75) is 26.4 Å². The summed E-state index contributed by atoms with van der Waals surface area (Å²) in [5, 5.41) is 8.14. The van der Waals surface area contributed by atoms with Crippen LogP contribution >= 0.6 is 11.3 Å². The van der Waals surface area contributed by atoms with Crippen LogP contribution in [0.2, 0.25) is 0 Å². The minimum atomic E-state index is -0.238. The van der Waals surface area contributed by atoms with Crippen molar-refractivity contribution in [2.24, 2.45) is 0 Å². The van der Waals surface area contributed by atoms with Crippen LogP contribution in [0.5, 0.6) is 0 Å². The van der Waals surface area contributed by atoms with Crippen LogP contribution in [0.15, 0.2) is 28.8 Å². The number of benzene rings is 1. The topological polar surface area (TPSA) is 51.0 Å². The third-order valence-corrected chi connectivity index (χ3v) is 3.92. The maximum Gasteiger partial charge on any atom is 0.268 e. The zero-order valence-corrected chi connectivity index (χ0v) is 12.0. The fourth-order valence-corrected chi connectivity index (χ4v) is 2.84. The largest absolute Gasteiger partial charge is 0.333 e. The molecule has 6 heteroatoms. The van der Waals surface area contributed by atoms with E-state index >= 15 is 0 Å². The SMILES string of the molecule is CC(C)NCc1noc(-c2cc3ccc(F)cc3s2)n1. The number of aromatic nitrogens is 2. The van der Waals surface area contributed by atoms with Gasteiger partial charge in [-0.3, -0.25) is 0 Å². The molecule has 20 heavy (non-hydrogen) atoms. The second-order valence-electron chi connectivity index (χ2n) is 4.84. The van der Waals surface area contributed by atoms with Crippen LogP contribution in [0.3, 0.4) is 0 Å². The van der Waals surface area contributed by atoms with Gasteiger partial charge in [0, 0.05) is 10.7 Å². The van der Waals surface area contributed by atoms with Crippen LogP contribution in [0.4, 0.5) is 4.39 Å². The van der Waals surface area contributed by atoms with Gasteiger partial charge >= 0.3 is 0 Å². The third kappa shape index (κ3) is 2.71. The molecule has 0 unspecified atom stereocenters. The Balaban J connectivity index is 1.87. The average molecular weight is 291 g/mol. The maximum absolute atomic E-state index is 13.2. The van der Waals surface area contributed by atoms with Gasteiger partial charge in [-0.1, -0.05) is 25.1 Å². The predicted molar refractivity (Wildman–Crippen MR) is 77.1 cm³/mol. The number of hydrogen-bond acceptors (Lipinski definition) is 5. The normalized spacial score (nSPS) is 11.6. The molecule has 0 radical (unpaired) electrons. The molecule has 1 aromatic carbocycles. The summed E-state index contributed by atoms with van der Waals surface area (Å²) in [4.78, 5) is 5.20. The Bertz CT molecular complexity index is 735. The Morgan fingerprint density at radius 1 is 1.35 bits per heavy atom. The van der Waals surface area contributed by atoms with Crippen molar-refractivity contribution in [2.75, 3.05) is 0 Å². The van der Waals surface area contributed by atoms with Crippen molar-refractivity contribution in [3.8, 4) is 10.8 Å². The van der Waals surface area contributed by atoms with Crippen molar-refractivity contribution < 1.29 is 8.91 Å². The van der Waals surface area contributed by atoms with E-state index in [1.54, 1.807) is 6.07 Å². The van der Waals surface area contributed by atoms with E-state index in [4.69, 9.17) is 4.52 Å². The molecule has 104 valence electrons. The predicted octanol–water partition coefficient (Wildman–Crippen LogP) is 3.59. The first-order valence-electron chi connectivity index (χ1n) is 6.37. The van der Waals surface area contributed by atoms with E-state index in [1.807, 2.05) is 6.07 Å². The number of fused-ring (bicyclic) bond motifs is 1. The maximum atomic E-state index is 13.2. The first-order valence-corrected chi connectivity index (χ1v) is 7.19. The molecule has 0 fully saturated rings. The fourth-order valence-electron chi connectivity index (χ4n) is 1.83. The number of halogens is 1. The van der Waals surface area contributed by atoms with E-state index in [1.165, 1.54) is 23.5 Å². The van der Waals surface area contributed by atoms with Gasteiger partial charge in [0.25, 0.3) is 5.89 Å². The lowest BCUT2D eigenvalue weighted by Crippen LogP contribution is -2.22. The highest BCUT2D eigenvalue weighted by molar-refractivity contribution is 7.22. The molecular formula is C14H14FN3OS. The van der Waals surface area contributed by atoms with E-state index < -0.39 is 0 Å². The molecule has 3 rings (SSSR count). The second kappa shape index (κ2) is 5.30. The zero-order chi connectivity index (χ0) is 14.1. The van der Waals surface area contributed by atoms with Gasteiger partial charge in [-0.25, -0.2) is 4.39 Å². The summed E-state index contributed by atoms with van der Waals surface area (Å²) in [5.41, 5.74) is 0. The summed E-state index contributed by atoms with van der Waals surface area (Å²) >= 11 is 1.45. The van der Waals surface area contributed by atoms with Crippen LogP contribution in [0, 0.1) is 5.82 Å². The molecule has 0 aliphatic rings. The standard InChI is InChI=1S/C14H14FN3OS/c1-8(2)16-7-13-17-14(19-18-13)12-5-9-3-4-10(15)6-11(9)20-12/h3-6,8,16H,7H2,1-2H3. The third-order valence-electron chi connectivity index (χ3n) is 2.83. The molecule has 1 N–H and O–H groups in total. The molecule has 0 amide bonds. The molecule has 4 nitrogen and oxygen atoms in total. The zero-order valence-electron chi connectivity index (χ0n) is 11.2. The van der Waals surface area contributed by atoms with Gasteiger partial charge in [-0.2, -0.15) is 4.98 Å². The van der Waals surface area contributed by atoms with Crippen LogP contribution in [0.25, 0.3) is 20.9 Å². The summed E-state index contributed by atoms with van der Waals surface area (Å²) in [6, 6.07) is 7.02. The van der Waals surface area contributed by atoms with E-state index in [2.05, 4.69) is 29.3 Å². The molecule has 0 saturated carbocycles. The molecule has 0 aliphatic carbocycles. The van der Waals surface area contributed by atoms with Crippen LogP contribution in [-0.2, 0) is 6.54 Å². The van der Waals surface area contributed by atoms with Crippen LogP contribution < -0.4 is 5.32 Å². The van der Waals surface area contributed by atoms with Crippen LogP contribution in [0.1, 0.15) is 19.7 Å². The van der Waals surface area contributed by atoms with Gasteiger partial charge in [0.05, 0.1) is 11.4 Å². The van der Waals surface area contributed by atoms with Crippen molar-refractivity contribution in [1.29, 1.82) is 0 Å². The highest BCUT2D eigenvalue weighted by Crippen LogP contribution is 2.32. The Labute approximate surface area is 119 Å². The molecule has 0 aliphatic heterocycles. The molecule has 2 aromatic heterocycles. The van der Waals surface area contributed by atoms with Crippen molar-refractivity contribution in [3.63, 3.8) is 0 Å². The lowest BCUT2D eigenvalue weighted by molar-refractivity contribution is 0.418. The van der Waals surface area contributed by atoms with Crippen molar-refractivity contribution in [3.05, 3.63) is 35.9 Å². The lowest BCUT2D eigenvalue weighted by Gasteiger charge is -2.02. The number of nitrogens with one attached hydrogen (secondary N) is 1. The second-order valence-corrected chi connectivity index (χ2v) is 5.93. The number of nitrogens with zero attached hydrogens (tertiary/aromatic N) is 2. The lowest BCUT2D eigenvalue weighted by atomic mass is 10.2. The summed E-state index contributed by atoms with van der Waals surface area (Å²) in [5.74, 6) is 0.864. The Kier molecular flexibility index (Phi) is 3.50. The van der Waals surface area contributed by atoms with Gasteiger partial charge in [-0.15, -0.1) is 11.3 Å². The Morgan fingerprint density at radius 3 is 3.00 bits per heavy atom. The van der Waals surface area contributed by atoms with Crippen LogP contribution in [-0.4, -0.2) is 16.2 Å². The van der Waals surface area contributed by atoms with Crippen molar-refractivity contribution >= 4 is 21.4 Å². The number of rotatable bonds is 4. The average Bonchev–Trinajstić information content (AvgIpc) is 3.01. The van der Waals surface area contributed by atoms with Gasteiger partial charge in [-0.05, 0) is 23.6 Å². The molecule has 2 heterocycles. The van der Waals surface area contributed by atoms with Gasteiger partial charge in [0.1, 0.15) is 5.82 Å². The molecule has 0 saturated heterocycles. The highest BCUT2D eigenvalue weighted by Gasteiger charge is 2.12. The van der Waals surface area contributed by atoms with E-state index in [9.17, 15) is 4.39 Å². The first kappa shape index (κ1) is 13.2.